The summed E-state index contributed by atoms with van der Waals surface area (Å²) in [5.74, 6) is -2.90. The van der Waals surface area contributed by atoms with Gasteiger partial charge in [0.25, 0.3) is 0 Å². The topological polar surface area (TPSA) is 104 Å². The third kappa shape index (κ3) is 5.16. The minimum atomic E-state index is -3.78. The quantitative estimate of drug-likeness (QED) is 0.696. The van der Waals surface area contributed by atoms with Crippen LogP contribution >= 0.6 is 11.6 Å². The van der Waals surface area contributed by atoms with Gasteiger partial charge >= 0.3 is 5.97 Å². The molecule has 160 valence electrons. The molecule has 1 aliphatic heterocycles. The highest BCUT2D eigenvalue weighted by molar-refractivity contribution is 7.88. The number of amides is 1. The van der Waals surface area contributed by atoms with Crippen LogP contribution in [0.1, 0.15) is 28.8 Å². The van der Waals surface area contributed by atoms with Crippen molar-refractivity contribution in [1.29, 1.82) is 0 Å². The summed E-state index contributed by atoms with van der Waals surface area (Å²) >= 11 is 5.93. The molecule has 3 rings (SSSR count). The zero-order valence-corrected chi connectivity index (χ0v) is 17.4. The maximum absolute atomic E-state index is 13.9. The predicted octanol–water partition coefficient (Wildman–Crippen LogP) is 3.36. The van der Waals surface area contributed by atoms with Crippen molar-refractivity contribution in [2.24, 2.45) is 5.92 Å². The number of carbonyl (C=O) groups is 2. The van der Waals surface area contributed by atoms with Crippen LogP contribution in [0.2, 0.25) is 5.02 Å². The molecule has 0 atom stereocenters. The molecule has 0 bridgehead atoms. The molecule has 0 unspecified atom stereocenters. The van der Waals surface area contributed by atoms with Gasteiger partial charge in [-0.3, -0.25) is 4.79 Å². The number of aromatic carboxylic acids is 1. The summed E-state index contributed by atoms with van der Waals surface area (Å²) in [6.07, 6.45) is 0.645. The van der Waals surface area contributed by atoms with Gasteiger partial charge in [-0.1, -0.05) is 17.7 Å². The second kappa shape index (κ2) is 9.11. The summed E-state index contributed by atoms with van der Waals surface area (Å²) in [5.41, 5.74) is 0.513. The average molecular weight is 455 g/mol. The van der Waals surface area contributed by atoms with E-state index in [1.807, 2.05) is 0 Å². The van der Waals surface area contributed by atoms with Crippen molar-refractivity contribution in [2.75, 3.05) is 18.4 Å². The first-order valence-electron chi connectivity index (χ1n) is 9.22. The van der Waals surface area contributed by atoms with Gasteiger partial charge in [-0.15, -0.1) is 0 Å². The van der Waals surface area contributed by atoms with Crippen molar-refractivity contribution < 1.29 is 27.5 Å². The first-order valence-corrected chi connectivity index (χ1v) is 11.2. The molecule has 0 aromatic heterocycles. The molecule has 30 heavy (non-hydrogen) atoms. The Morgan fingerprint density at radius 3 is 2.33 bits per heavy atom. The number of nitrogens with one attached hydrogen (secondary N) is 1. The number of carboxylic acids is 1. The minimum Gasteiger partial charge on any atom is -0.478 e. The lowest BCUT2D eigenvalue weighted by atomic mass is 9.97. The fraction of sp³-hybridized carbons (Fsp3) is 0.300. The number of halogens is 2. The Kier molecular flexibility index (Phi) is 6.74. The molecule has 0 radical (unpaired) electrons. The normalized spacial score (nSPS) is 15.7. The number of rotatable bonds is 6. The number of hydrogen-bond acceptors (Lipinski definition) is 4. The lowest BCUT2D eigenvalue weighted by molar-refractivity contribution is -0.120. The van der Waals surface area contributed by atoms with Crippen molar-refractivity contribution in [1.82, 2.24) is 4.31 Å². The number of carboxylic acid groups (broad SMARTS) is 1. The summed E-state index contributed by atoms with van der Waals surface area (Å²) in [6, 6.07) is 9.79. The molecular formula is C20H20ClFN2O5S. The average Bonchev–Trinajstić information content (AvgIpc) is 2.71. The molecule has 1 saturated heterocycles. The molecular weight excluding hydrogens is 435 g/mol. The number of nitrogens with zero attached hydrogens (tertiary/aromatic N) is 1. The van der Waals surface area contributed by atoms with Crippen LogP contribution < -0.4 is 5.32 Å². The van der Waals surface area contributed by atoms with Gasteiger partial charge in [-0.05, 0) is 49.2 Å². The molecule has 1 heterocycles. The molecule has 0 aliphatic carbocycles. The fourth-order valence-electron chi connectivity index (χ4n) is 3.28. The fourth-order valence-corrected chi connectivity index (χ4v) is 5.20. The number of sulfonamides is 1. The van der Waals surface area contributed by atoms with Gasteiger partial charge in [-0.25, -0.2) is 21.9 Å². The first kappa shape index (κ1) is 22.2. The number of carbonyl (C=O) groups excluding carboxylic acids is 1. The van der Waals surface area contributed by atoms with Gasteiger partial charge in [0.2, 0.25) is 15.9 Å². The van der Waals surface area contributed by atoms with E-state index >= 15 is 0 Å². The van der Waals surface area contributed by atoms with Crippen molar-refractivity contribution in [3.8, 4) is 0 Å². The molecule has 2 N–H and O–H groups in total. The van der Waals surface area contributed by atoms with Crippen molar-refractivity contribution in [2.45, 2.75) is 18.6 Å². The van der Waals surface area contributed by atoms with Crippen LogP contribution in [0, 0.1) is 11.7 Å². The molecule has 1 amide bonds. The number of piperidine rings is 1. The summed E-state index contributed by atoms with van der Waals surface area (Å²) in [6.45, 7) is 0.287. The van der Waals surface area contributed by atoms with E-state index in [2.05, 4.69) is 5.32 Å². The van der Waals surface area contributed by atoms with Crippen LogP contribution in [0.4, 0.5) is 10.1 Å². The monoisotopic (exact) mass is 454 g/mol. The highest BCUT2D eigenvalue weighted by Crippen LogP contribution is 2.26. The molecule has 1 aliphatic rings. The van der Waals surface area contributed by atoms with E-state index in [1.54, 1.807) is 0 Å². The number of hydrogen-bond donors (Lipinski definition) is 2. The molecule has 0 spiro atoms. The van der Waals surface area contributed by atoms with Crippen LogP contribution in [-0.2, 0) is 20.6 Å². The Morgan fingerprint density at radius 1 is 1.13 bits per heavy atom. The molecule has 10 heteroatoms. The van der Waals surface area contributed by atoms with Gasteiger partial charge < -0.3 is 10.4 Å². The van der Waals surface area contributed by atoms with E-state index in [4.69, 9.17) is 16.7 Å². The van der Waals surface area contributed by atoms with Gasteiger partial charge in [0.15, 0.2) is 0 Å². The SMILES string of the molecule is O=C(O)c1ccc(NC(=O)C2CCN(S(=O)(=O)Cc3c(F)cccc3Cl)CC2)cc1. The van der Waals surface area contributed by atoms with Crippen LogP contribution in [0.25, 0.3) is 0 Å². The van der Waals surface area contributed by atoms with E-state index in [0.717, 1.165) is 6.07 Å². The highest BCUT2D eigenvalue weighted by Gasteiger charge is 2.32. The summed E-state index contributed by atoms with van der Waals surface area (Å²) < 4.78 is 40.5. The Labute approximate surface area is 178 Å². The lowest BCUT2D eigenvalue weighted by Gasteiger charge is -2.30. The van der Waals surface area contributed by atoms with Crippen LogP contribution in [0.15, 0.2) is 42.5 Å². The van der Waals surface area contributed by atoms with Crippen LogP contribution in [0.5, 0.6) is 0 Å². The second-order valence-corrected chi connectivity index (χ2v) is 9.38. The van der Waals surface area contributed by atoms with E-state index < -0.39 is 27.6 Å². The molecule has 1 fully saturated rings. The Bertz CT molecular complexity index is 1030. The third-order valence-corrected chi connectivity index (χ3v) is 7.17. The van der Waals surface area contributed by atoms with Gasteiger partial charge in [0.05, 0.1) is 11.3 Å². The Balaban J connectivity index is 1.58. The lowest BCUT2D eigenvalue weighted by Crippen LogP contribution is -2.42. The number of benzene rings is 2. The second-order valence-electron chi connectivity index (χ2n) is 7.00. The van der Waals surface area contributed by atoms with E-state index in [1.165, 1.54) is 40.7 Å². The molecule has 2 aromatic carbocycles. The van der Waals surface area contributed by atoms with Crippen LogP contribution in [-0.4, -0.2) is 42.8 Å². The summed E-state index contributed by atoms with van der Waals surface area (Å²) in [4.78, 5) is 23.3. The zero-order valence-electron chi connectivity index (χ0n) is 15.8. The van der Waals surface area contributed by atoms with Crippen molar-refractivity contribution >= 4 is 39.2 Å². The standard InChI is InChI=1S/C20H20ClFN2O5S/c21-17-2-1-3-18(22)16(17)12-30(28,29)24-10-8-13(9-11-24)19(25)23-15-6-4-14(5-7-15)20(26)27/h1-7,13H,8-12H2,(H,23,25)(H,26,27). The first-order chi connectivity index (χ1) is 14.2. The maximum atomic E-state index is 13.9. The summed E-state index contributed by atoms with van der Waals surface area (Å²) in [5, 5.41) is 11.7. The van der Waals surface area contributed by atoms with E-state index in [9.17, 15) is 22.4 Å². The van der Waals surface area contributed by atoms with Gasteiger partial charge in [-0.2, -0.15) is 0 Å². The summed E-state index contributed by atoms with van der Waals surface area (Å²) in [7, 11) is -3.78. The van der Waals surface area contributed by atoms with Crippen LogP contribution in [0.3, 0.4) is 0 Å². The number of anilines is 1. The predicted molar refractivity (Wildman–Crippen MR) is 110 cm³/mol. The third-order valence-electron chi connectivity index (χ3n) is 5.01. The van der Waals surface area contributed by atoms with Gasteiger partial charge in [0, 0.05) is 35.3 Å². The van der Waals surface area contributed by atoms with Gasteiger partial charge in [0.1, 0.15) is 5.82 Å². The minimum absolute atomic E-state index is 0.0572. The van der Waals surface area contributed by atoms with Crippen molar-refractivity contribution in [3.63, 3.8) is 0 Å². The largest absolute Gasteiger partial charge is 0.478 e. The highest BCUT2D eigenvalue weighted by atomic mass is 35.5. The smallest absolute Gasteiger partial charge is 0.335 e. The zero-order chi connectivity index (χ0) is 21.9. The van der Waals surface area contributed by atoms with E-state index in [0.29, 0.717) is 18.5 Å². The molecule has 2 aromatic rings. The van der Waals surface area contributed by atoms with Crippen molar-refractivity contribution in [3.05, 3.63) is 64.4 Å². The Hall–Kier alpha value is -2.49. The molecule has 0 saturated carbocycles. The molecule has 7 nitrogen and oxygen atoms in total. The maximum Gasteiger partial charge on any atom is 0.335 e. The van der Waals surface area contributed by atoms with E-state index in [-0.39, 0.29) is 41.1 Å². The Morgan fingerprint density at radius 2 is 1.77 bits per heavy atom.